The van der Waals surface area contributed by atoms with Crippen LogP contribution in [0.15, 0.2) is 53.6 Å². The monoisotopic (exact) mass is 399 g/mol. The van der Waals surface area contributed by atoms with Crippen LogP contribution in [-0.2, 0) is 16.0 Å². The summed E-state index contributed by atoms with van der Waals surface area (Å²) < 4.78 is 18.4. The van der Waals surface area contributed by atoms with Crippen LogP contribution < -0.4 is 10.2 Å². The van der Waals surface area contributed by atoms with E-state index in [1.807, 2.05) is 26.0 Å². The number of hydrazone groups is 1. The van der Waals surface area contributed by atoms with E-state index in [4.69, 9.17) is 4.74 Å². The average molecular weight is 399 g/mol. The molecule has 0 aliphatic carbocycles. The van der Waals surface area contributed by atoms with Gasteiger partial charge in [-0.15, -0.1) is 0 Å². The van der Waals surface area contributed by atoms with Gasteiger partial charge in [-0.1, -0.05) is 12.1 Å². The van der Waals surface area contributed by atoms with E-state index in [0.29, 0.717) is 30.1 Å². The van der Waals surface area contributed by atoms with Gasteiger partial charge in [0.2, 0.25) is 5.91 Å². The molecule has 0 bridgehead atoms. The zero-order valence-electron chi connectivity index (χ0n) is 16.9. The highest BCUT2D eigenvalue weighted by Gasteiger charge is 2.10. The second-order valence-electron chi connectivity index (χ2n) is 6.41. The summed E-state index contributed by atoms with van der Waals surface area (Å²) in [4.78, 5) is 25.7. The van der Waals surface area contributed by atoms with Crippen molar-refractivity contribution in [1.82, 2.24) is 10.3 Å². The van der Waals surface area contributed by atoms with Gasteiger partial charge in [-0.3, -0.25) is 9.59 Å². The molecule has 2 amide bonds. The van der Waals surface area contributed by atoms with Crippen molar-refractivity contribution in [3.63, 3.8) is 0 Å². The van der Waals surface area contributed by atoms with Crippen molar-refractivity contribution in [3.05, 3.63) is 65.5 Å². The van der Waals surface area contributed by atoms with Crippen molar-refractivity contribution in [2.45, 2.75) is 27.2 Å². The number of halogens is 1. The molecule has 0 heterocycles. The van der Waals surface area contributed by atoms with E-state index in [9.17, 15) is 14.0 Å². The normalized spacial score (nSPS) is 11.1. The third-order valence-electron chi connectivity index (χ3n) is 4.38. The number of amides is 2. The summed E-state index contributed by atoms with van der Waals surface area (Å²) in [7, 11) is 0. The minimum atomic E-state index is -0.340. The lowest BCUT2D eigenvalue weighted by molar-refractivity contribution is -0.133. The van der Waals surface area contributed by atoms with E-state index >= 15 is 0 Å². The fraction of sp³-hybridized carbons (Fsp3) is 0.318. The van der Waals surface area contributed by atoms with E-state index in [1.165, 1.54) is 12.1 Å². The molecule has 2 aromatic rings. The van der Waals surface area contributed by atoms with Crippen molar-refractivity contribution in [3.8, 4) is 5.75 Å². The predicted molar refractivity (Wildman–Crippen MR) is 110 cm³/mol. The number of nitrogens with zero attached hydrogens (tertiary/aromatic N) is 2. The number of nitrogens with one attached hydrogen (secondary N) is 1. The predicted octanol–water partition coefficient (Wildman–Crippen LogP) is 3.16. The maximum atomic E-state index is 12.9. The van der Waals surface area contributed by atoms with Crippen molar-refractivity contribution in [2.24, 2.45) is 5.10 Å². The third-order valence-corrected chi connectivity index (χ3v) is 4.38. The first-order valence-electron chi connectivity index (χ1n) is 9.51. The van der Waals surface area contributed by atoms with Crippen LogP contribution in [-0.4, -0.2) is 42.1 Å². The Morgan fingerprint density at radius 3 is 2.24 bits per heavy atom. The summed E-state index contributed by atoms with van der Waals surface area (Å²) in [5.41, 5.74) is 4.65. The highest BCUT2D eigenvalue weighted by molar-refractivity contribution is 5.99. The van der Waals surface area contributed by atoms with Crippen LogP contribution in [0.5, 0.6) is 5.75 Å². The molecule has 2 aromatic carbocycles. The molecule has 29 heavy (non-hydrogen) atoms. The summed E-state index contributed by atoms with van der Waals surface area (Å²) in [5.74, 6) is -0.0956. The fourth-order valence-electron chi connectivity index (χ4n) is 2.64. The number of carbonyl (C=O) groups excluding carboxylic acids is 2. The number of likely N-dealkylation sites (N-methyl/N-ethyl adjacent to an activating group) is 1. The average Bonchev–Trinajstić information content (AvgIpc) is 2.73. The second-order valence-corrected chi connectivity index (χ2v) is 6.41. The molecule has 0 saturated heterocycles. The van der Waals surface area contributed by atoms with Gasteiger partial charge in [0, 0.05) is 13.1 Å². The van der Waals surface area contributed by atoms with Crippen LogP contribution in [0.1, 0.15) is 31.9 Å². The molecule has 0 aromatic heterocycles. The molecule has 7 heteroatoms. The van der Waals surface area contributed by atoms with E-state index < -0.39 is 0 Å². The minimum Gasteiger partial charge on any atom is -0.484 e. The van der Waals surface area contributed by atoms with Crippen molar-refractivity contribution in [2.75, 3.05) is 19.7 Å². The van der Waals surface area contributed by atoms with Gasteiger partial charge in [0.05, 0.1) is 12.1 Å². The highest BCUT2D eigenvalue weighted by atomic mass is 19.1. The topological polar surface area (TPSA) is 71.0 Å². The Morgan fingerprint density at radius 1 is 1.03 bits per heavy atom. The van der Waals surface area contributed by atoms with Crippen LogP contribution in [0, 0.1) is 5.82 Å². The van der Waals surface area contributed by atoms with Gasteiger partial charge in [-0.2, -0.15) is 5.10 Å². The Balaban J connectivity index is 1.87. The third kappa shape index (κ3) is 7.03. The number of hydrogen-bond donors (Lipinski definition) is 1. The molecule has 0 atom stereocenters. The maximum absolute atomic E-state index is 12.9. The van der Waals surface area contributed by atoms with E-state index in [0.717, 1.165) is 5.56 Å². The van der Waals surface area contributed by atoms with Gasteiger partial charge in [0.15, 0.2) is 6.61 Å². The van der Waals surface area contributed by atoms with Gasteiger partial charge in [-0.05, 0) is 68.3 Å². The Hall–Kier alpha value is -3.22. The lowest BCUT2D eigenvalue weighted by atomic mass is 10.1. The Labute approximate surface area is 170 Å². The lowest BCUT2D eigenvalue weighted by Gasteiger charge is -2.18. The Morgan fingerprint density at radius 2 is 1.66 bits per heavy atom. The molecule has 0 saturated carbocycles. The molecule has 154 valence electrons. The van der Waals surface area contributed by atoms with Gasteiger partial charge < -0.3 is 9.64 Å². The zero-order valence-corrected chi connectivity index (χ0v) is 16.9. The lowest BCUT2D eigenvalue weighted by Crippen LogP contribution is -2.34. The van der Waals surface area contributed by atoms with Gasteiger partial charge in [0.25, 0.3) is 5.91 Å². The number of benzene rings is 2. The quantitative estimate of drug-likeness (QED) is 0.520. The number of carbonyl (C=O) groups is 2. The van der Waals surface area contributed by atoms with Crippen LogP contribution in [0.25, 0.3) is 0 Å². The molecule has 6 nitrogen and oxygen atoms in total. The maximum Gasteiger partial charge on any atom is 0.260 e. The fourth-order valence-corrected chi connectivity index (χ4v) is 2.64. The molecule has 0 radical (unpaired) electrons. The van der Waals surface area contributed by atoms with E-state index in [2.05, 4.69) is 10.5 Å². The molecule has 0 spiro atoms. The first-order chi connectivity index (χ1) is 13.9. The van der Waals surface area contributed by atoms with Crippen molar-refractivity contribution < 1.29 is 18.7 Å². The van der Waals surface area contributed by atoms with Crippen LogP contribution in [0.2, 0.25) is 0 Å². The molecule has 1 N–H and O–H groups in total. The van der Waals surface area contributed by atoms with Crippen LogP contribution in [0.3, 0.4) is 0 Å². The summed E-state index contributed by atoms with van der Waals surface area (Å²) in [6, 6.07) is 12.9. The standard InChI is InChI=1S/C22H26FN3O3/c1-4-26(5-2)22(28)15-29-20-12-8-18(9-13-20)16(3)24-25-21(27)14-17-6-10-19(23)11-7-17/h6-13H,4-5,14-15H2,1-3H3,(H,25,27)/b24-16-. The van der Waals surface area contributed by atoms with E-state index in [-0.39, 0.29) is 30.7 Å². The smallest absolute Gasteiger partial charge is 0.260 e. The molecule has 2 rings (SSSR count). The second kappa shape index (κ2) is 10.9. The summed E-state index contributed by atoms with van der Waals surface area (Å²) in [6.07, 6.45) is 0.115. The first-order valence-corrected chi connectivity index (χ1v) is 9.51. The van der Waals surface area contributed by atoms with Crippen molar-refractivity contribution in [1.29, 1.82) is 0 Å². The molecule has 0 fully saturated rings. The van der Waals surface area contributed by atoms with Crippen LogP contribution in [0.4, 0.5) is 4.39 Å². The molecule has 0 unspecified atom stereocenters. The Kier molecular flexibility index (Phi) is 8.33. The molecular weight excluding hydrogens is 373 g/mol. The largest absolute Gasteiger partial charge is 0.484 e. The number of rotatable bonds is 9. The summed E-state index contributed by atoms with van der Waals surface area (Å²) in [6.45, 7) is 6.93. The molecular formula is C22H26FN3O3. The Bertz CT molecular complexity index is 845. The molecule has 0 aliphatic rings. The summed E-state index contributed by atoms with van der Waals surface area (Å²) >= 11 is 0. The van der Waals surface area contributed by atoms with Gasteiger partial charge in [0.1, 0.15) is 11.6 Å². The first kappa shape index (κ1) is 22.1. The van der Waals surface area contributed by atoms with Crippen LogP contribution >= 0.6 is 0 Å². The van der Waals surface area contributed by atoms with Gasteiger partial charge in [-0.25, -0.2) is 9.82 Å². The zero-order chi connectivity index (χ0) is 21.2. The highest BCUT2D eigenvalue weighted by Crippen LogP contribution is 2.13. The number of ether oxygens (including phenoxy) is 1. The van der Waals surface area contributed by atoms with E-state index in [1.54, 1.807) is 36.1 Å². The van der Waals surface area contributed by atoms with Gasteiger partial charge >= 0.3 is 0 Å². The minimum absolute atomic E-state index is 0.00641. The SMILES string of the molecule is CCN(CC)C(=O)COc1ccc(/C(C)=N\NC(=O)Cc2ccc(F)cc2)cc1. The molecule has 0 aliphatic heterocycles. The summed E-state index contributed by atoms with van der Waals surface area (Å²) in [5, 5.41) is 4.10. The number of hydrogen-bond acceptors (Lipinski definition) is 4. The van der Waals surface area contributed by atoms with Crippen molar-refractivity contribution >= 4 is 17.5 Å².